The lowest BCUT2D eigenvalue weighted by Gasteiger charge is -2.55. The molecular formula is C14H26NO3. The lowest BCUT2D eigenvalue weighted by Crippen LogP contribution is -2.66. The Morgan fingerprint density at radius 2 is 1.89 bits per heavy atom. The van der Waals surface area contributed by atoms with E-state index in [1.165, 1.54) is 12.0 Å². The Morgan fingerprint density at radius 1 is 1.33 bits per heavy atom. The van der Waals surface area contributed by atoms with Gasteiger partial charge in [0.25, 0.3) is 0 Å². The third-order valence-electron chi connectivity index (χ3n) is 4.93. The van der Waals surface area contributed by atoms with Crippen LogP contribution in [-0.4, -0.2) is 28.2 Å². The molecule has 1 heterocycles. The van der Waals surface area contributed by atoms with E-state index in [4.69, 9.17) is 4.74 Å². The van der Waals surface area contributed by atoms with Crippen molar-refractivity contribution in [1.82, 2.24) is 5.06 Å². The maximum atomic E-state index is 12.6. The molecule has 4 nitrogen and oxygen atoms in total. The number of carbonyl (C=O) groups excluding carboxylic acids is 1. The van der Waals surface area contributed by atoms with Gasteiger partial charge in [-0.15, -0.1) is 10.3 Å². The summed E-state index contributed by atoms with van der Waals surface area (Å²) in [7, 11) is 0. The van der Waals surface area contributed by atoms with Crippen LogP contribution in [0, 0.1) is 5.92 Å². The number of piperidine rings is 1. The number of nitrogens with zero attached hydrogens (tertiary/aromatic N) is 1. The molecule has 0 bridgehead atoms. The van der Waals surface area contributed by atoms with Crippen LogP contribution in [0.25, 0.3) is 0 Å². The van der Waals surface area contributed by atoms with Crippen molar-refractivity contribution in [2.75, 3.05) is 0 Å². The molecule has 0 spiro atoms. The third kappa shape index (κ3) is 2.41. The Balaban J connectivity index is 3.09. The monoisotopic (exact) mass is 256 g/mol. The van der Waals surface area contributed by atoms with E-state index in [2.05, 4.69) is 0 Å². The minimum absolute atomic E-state index is 0.0449. The molecule has 4 heteroatoms. The fourth-order valence-corrected chi connectivity index (χ4v) is 3.01. The smallest absolute Gasteiger partial charge is 0.302 e. The molecule has 0 unspecified atom stereocenters. The average molecular weight is 256 g/mol. The van der Waals surface area contributed by atoms with E-state index in [1.54, 1.807) is 0 Å². The van der Waals surface area contributed by atoms with Gasteiger partial charge in [-0.05, 0) is 26.7 Å². The highest BCUT2D eigenvalue weighted by molar-refractivity contribution is 5.66. The summed E-state index contributed by atoms with van der Waals surface area (Å²) >= 11 is 0. The minimum atomic E-state index is -0.469. The Kier molecular flexibility index (Phi) is 4.44. The van der Waals surface area contributed by atoms with E-state index < -0.39 is 11.1 Å². The predicted octanol–water partition coefficient (Wildman–Crippen LogP) is 2.94. The minimum Gasteiger partial charge on any atom is -0.462 e. The molecule has 18 heavy (non-hydrogen) atoms. The van der Waals surface area contributed by atoms with Gasteiger partial charge < -0.3 is 4.74 Å². The fourth-order valence-electron chi connectivity index (χ4n) is 3.01. The van der Waals surface area contributed by atoms with Crippen LogP contribution in [0.15, 0.2) is 0 Å². The number of ether oxygens (including phenoxy) is 1. The van der Waals surface area contributed by atoms with Crippen molar-refractivity contribution in [3.05, 3.63) is 0 Å². The van der Waals surface area contributed by atoms with Crippen molar-refractivity contribution in [3.8, 4) is 0 Å². The van der Waals surface area contributed by atoms with Crippen molar-refractivity contribution in [3.63, 3.8) is 0 Å². The SMILES string of the molecule is CC[C@@]1(C)C[C@H](OC(C)=O)[C@H](C)[C@@](C)(CC)N1[O]. The second-order valence-electron chi connectivity index (χ2n) is 6.00. The first-order valence-electron chi connectivity index (χ1n) is 6.86. The Labute approximate surface area is 110 Å². The first-order chi connectivity index (χ1) is 8.21. The average Bonchev–Trinajstić information content (AvgIpc) is 2.33. The number of carbonyl (C=O) groups is 1. The summed E-state index contributed by atoms with van der Waals surface area (Å²) in [5, 5.41) is 13.9. The molecule has 1 radical (unpaired) electrons. The normalized spacial score (nSPS) is 41.7. The molecule has 1 aliphatic heterocycles. The van der Waals surface area contributed by atoms with E-state index in [-0.39, 0.29) is 18.0 Å². The molecule has 0 aromatic rings. The zero-order valence-electron chi connectivity index (χ0n) is 12.4. The molecule has 105 valence electrons. The fraction of sp³-hybridized carbons (Fsp3) is 0.929. The topological polar surface area (TPSA) is 49.4 Å². The second kappa shape index (κ2) is 5.17. The van der Waals surface area contributed by atoms with Gasteiger partial charge in [-0.3, -0.25) is 4.79 Å². The molecule has 1 rings (SSSR count). The summed E-state index contributed by atoms with van der Waals surface area (Å²) in [4.78, 5) is 11.2. The van der Waals surface area contributed by atoms with Crippen LogP contribution in [0.4, 0.5) is 0 Å². The molecule has 0 aromatic heterocycles. The Bertz CT molecular complexity index is 320. The van der Waals surface area contributed by atoms with Crippen LogP contribution in [0.2, 0.25) is 0 Å². The highest BCUT2D eigenvalue weighted by Gasteiger charge is 2.54. The van der Waals surface area contributed by atoms with Crippen LogP contribution in [0.5, 0.6) is 0 Å². The van der Waals surface area contributed by atoms with Crippen molar-refractivity contribution < 1.29 is 14.7 Å². The zero-order valence-corrected chi connectivity index (χ0v) is 12.4. The summed E-state index contributed by atoms with van der Waals surface area (Å²) in [6.45, 7) is 11.4. The number of hydrogen-bond acceptors (Lipinski definition) is 3. The Hall–Kier alpha value is -0.610. The molecule has 0 saturated carbocycles. The molecule has 1 fully saturated rings. The van der Waals surface area contributed by atoms with Gasteiger partial charge in [-0.1, -0.05) is 20.8 Å². The molecule has 4 atom stereocenters. The van der Waals surface area contributed by atoms with Crippen LogP contribution < -0.4 is 0 Å². The maximum absolute atomic E-state index is 12.6. The van der Waals surface area contributed by atoms with E-state index in [9.17, 15) is 10.0 Å². The second-order valence-corrected chi connectivity index (χ2v) is 6.00. The summed E-state index contributed by atoms with van der Waals surface area (Å²) in [5.41, 5.74) is -0.916. The van der Waals surface area contributed by atoms with Gasteiger partial charge in [0.2, 0.25) is 0 Å². The standard InChI is InChI=1S/C14H26NO3/c1-7-13(5)9-12(18-11(4)16)10(3)14(6,8-2)15(13)17/h10,12H,7-9H2,1-6H3/t10-,12-,13-,14+/m0/s1. The quantitative estimate of drug-likeness (QED) is 0.729. The van der Waals surface area contributed by atoms with Crippen molar-refractivity contribution in [2.24, 2.45) is 5.92 Å². The van der Waals surface area contributed by atoms with Crippen LogP contribution >= 0.6 is 0 Å². The highest BCUT2D eigenvalue weighted by Crippen LogP contribution is 2.45. The maximum Gasteiger partial charge on any atom is 0.302 e. The molecule has 1 aliphatic rings. The predicted molar refractivity (Wildman–Crippen MR) is 69.3 cm³/mol. The Morgan fingerprint density at radius 3 is 2.28 bits per heavy atom. The van der Waals surface area contributed by atoms with E-state index in [1.807, 2.05) is 34.6 Å². The van der Waals surface area contributed by atoms with Gasteiger partial charge in [0.1, 0.15) is 6.10 Å². The molecule has 0 aromatic carbocycles. The largest absolute Gasteiger partial charge is 0.462 e. The summed E-state index contributed by atoms with van der Waals surface area (Å²) in [6, 6.07) is 0. The van der Waals surface area contributed by atoms with Crippen LogP contribution in [0.3, 0.4) is 0 Å². The molecule has 0 aliphatic carbocycles. The first-order valence-corrected chi connectivity index (χ1v) is 6.86. The summed E-state index contributed by atoms with van der Waals surface area (Å²) < 4.78 is 5.44. The van der Waals surface area contributed by atoms with Gasteiger partial charge in [0.05, 0.1) is 11.1 Å². The van der Waals surface area contributed by atoms with Gasteiger partial charge >= 0.3 is 5.97 Å². The number of esters is 1. The number of hydrogen-bond donors (Lipinski definition) is 0. The van der Waals surface area contributed by atoms with E-state index in [0.29, 0.717) is 6.42 Å². The van der Waals surface area contributed by atoms with Crippen molar-refractivity contribution >= 4 is 5.97 Å². The summed E-state index contributed by atoms with van der Waals surface area (Å²) in [6.07, 6.45) is 1.97. The molecule has 0 N–H and O–H groups in total. The third-order valence-corrected chi connectivity index (χ3v) is 4.93. The lowest BCUT2D eigenvalue weighted by molar-refractivity contribution is -0.324. The molecular weight excluding hydrogens is 230 g/mol. The number of hydroxylamine groups is 2. The zero-order chi connectivity index (χ0) is 14.1. The molecule has 1 saturated heterocycles. The number of rotatable bonds is 3. The van der Waals surface area contributed by atoms with E-state index in [0.717, 1.165) is 12.8 Å². The van der Waals surface area contributed by atoms with Crippen LogP contribution in [-0.2, 0) is 14.7 Å². The summed E-state index contributed by atoms with van der Waals surface area (Å²) in [5.74, 6) is -0.216. The van der Waals surface area contributed by atoms with Crippen LogP contribution in [0.1, 0.15) is 60.8 Å². The molecule has 0 amide bonds. The van der Waals surface area contributed by atoms with Gasteiger partial charge in [-0.2, -0.15) is 0 Å². The van der Waals surface area contributed by atoms with Gasteiger partial charge in [0.15, 0.2) is 0 Å². The van der Waals surface area contributed by atoms with E-state index >= 15 is 0 Å². The van der Waals surface area contributed by atoms with Gasteiger partial charge in [-0.25, -0.2) is 0 Å². The highest BCUT2D eigenvalue weighted by atomic mass is 16.5. The first kappa shape index (κ1) is 15.4. The van der Waals surface area contributed by atoms with Gasteiger partial charge in [0, 0.05) is 19.3 Å². The van der Waals surface area contributed by atoms with Crippen molar-refractivity contribution in [2.45, 2.75) is 78.0 Å². The lowest BCUT2D eigenvalue weighted by atomic mass is 9.69. The van der Waals surface area contributed by atoms with Crippen molar-refractivity contribution in [1.29, 1.82) is 0 Å².